The van der Waals surface area contributed by atoms with Crippen LogP contribution < -0.4 is 5.32 Å². The molecule has 1 saturated heterocycles. The molecule has 0 radical (unpaired) electrons. The predicted molar refractivity (Wildman–Crippen MR) is 67.3 cm³/mol. The van der Waals surface area contributed by atoms with E-state index in [2.05, 4.69) is 39.3 Å². The lowest BCUT2D eigenvalue weighted by Crippen LogP contribution is -2.55. The lowest BCUT2D eigenvalue weighted by Gasteiger charge is -2.35. The first-order valence-electron chi connectivity index (χ1n) is 5.01. The average molecular weight is 290 g/mol. The first-order valence-corrected chi connectivity index (χ1v) is 6.19. The molecule has 0 saturated carbocycles. The summed E-state index contributed by atoms with van der Waals surface area (Å²) in [6.45, 7) is 3.09. The van der Waals surface area contributed by atoms with Crippen LogP contribution in [-0.2, 0) is 6.54 Å². The van der Waals surface area contributed by atoms with Gasteiger partial charge in [-0.05, 0) is 24.7 Å². The Balaban J connectivity index is 2.03. The van der Waals surface area contributed by atoms with E-state index in [1.807, 2.05) is 12.1 Å². The highest BCUT2D eigenvalue weighted by Gasteiger charge is 2.21. The van der Waals surface area contributed by atoms with Gasteiger partial charge in [-0.2, -0.15) is 0 Å². The number of likely N-dealkylation sites (N-methyl/N-ethyl adjacent to an activating group) is 1. The van der Waals surface area contributed by atoms with Crippen LogP contribution in [-0.4, -0.2) is 31.1 Å². The van der Waals surface area contributed by atoms with Crippen LogP contribution in [0, 0.1) is 0 Å². The number of nitrogens with one attached hydrogen (secondary N) is 1. The fraction of sp³-hybridized carbons (Fsp3) is 0.455. The average Bonchev–Trinajstić information content (AvgIpc) is 2.07. The van der Waals surface area contributed by atoms with Gasteiger partial charge in [0, 0.05) is 35.2 Å². The number of rotatable bonds is 3. The van der Waals surface area contributed by atoms with E-state index in [9.17, 15) is 0 Å². The molecule has 0 spiro atoms. The summed E-state index contributed by atoms with van der Waals surface area (Å²) in [6, 6.07) is 6.72. The summed E-state index contributed by atoms with van der Waals surface area (Å²) in [5.41, 5.74) is 1.19. The molecule has 0 atom stereocenters. The number of halogens is 2. The Hall–Kier alpha value is -0.0900. The zero-order valence-electron chi connectivity index (χ0n) is 8.63. The third-order valence-corrected chi connectivity index (χ3v) is 3.66. The van der Waals surface area contributed by atoms with Crippen molar-refractivity contribution in [1.29, 1.82) is 0 Å². The second kappa shape index (κ2) is 4.83. The zero-order valence-corrected chi connectivity index (χ0v) is 11.0. The third-order valence-electron chi connectivity index (χ3n) is 2.82. The molecule has 0 bridgehead atoms. The SMILES string of the molecule is CN(Cc1ccc(Br)cc1Cl)C1CNC1. The first-order chi connectivity index (χ1) is 7.16. The van der Waals surface area contributed by atoms with Gasteiger partial charge in [0.05, 0.1) is 0 Å². The van der Waals surface area contributed by atoms with E-state index < -0.39 is 0 Å². The molecule has 0 aliphatic carbocycles. The Labute approximate surface area is 104 Å². The molecule has 1 aromatic rings. The fourth-order valence-electron chi connectivity index (χ4n) is 1.63. The van der Waals surface area contributed by atoms with Gasteiger partial charge in [0.15, 0.2) is 0 Å². The monoisotopic (exact) mass is 288 g/mol. The molecule has 1 N–H and O–H groups in total. The molecule has 0 aromatic heterocycles. The van der Waals surface area contributed by atoms with Crippen molar-refractivity contribution in [2.75, 3.05) is 20.1 Å². The highest BCUT2D eigenvalue weighted by atomic mass is 79.9. The maximum atomic E-state index is 6.17. The first kappa shape index (κ1) is 11.4. The van der Waals surface area contributed by atoms with Crippen molar-refractivity contribution >= 4 is 27.5 Å². The highest BCUT2D eigenvalue weighted by molar-refractivity contribution is 9.10. The van der Waals surface area contributed by atoms with Gasteiger partial charge in [0.25, 0.3) is 0 Å². The number of hydrogen-bond donors (Lipinski definition) is 1. The van der Waals surface area contributed by atoms with Crippen molar-refractivity contribution in [3.05, 3.63) is 33.3 Å². The molecule has 0 amide bonds. The van der Waals surface area contributed by atoms with Gasteiger partial charge < -0.3 is 5.32 Å². The van der Waals surface area contributed by atoms with E-state index in [4.69, 9.17) is 11.6 Å². The Morgan fingerprint density at radius 2 is 2.27 bits per heavy atom. The van der Waals surface area contributed by atoms with Crippen molar-refractivity contribution in [2.24, 2.45) is 0 Å². The molecule has 1 aliphatic rings. The summed E-state index contributed by atoms with van der Waals surface area (Å²) in [4.78, 5) is 2.34. The van der Waals surface area contributed by atoms with Gasteiger partial charge in [-0.15, -0.1) is 0 Å². The Morgan fingerprint density at radius 3 is 2.80 bits per heavy atom. The molecule has 2 nitrogen and oxygen atoms in total. The quantitative estimate of drug-likeness (QED) is 0.920. The Morgan fingerprint density at radius 1 is 1.53 bits per heavy atom. The van der Waals surface area contributed by atoms with Crippen molar-refractivity contribution < 1.29 is 0 Å². The summed E-state index contributed by atoms with van der Waals surface area (Å²) in [6.07, 6.45) is 0. The van der Waals surface area contributed by atoms with E-state index in [0.29, 0.717) is 6.04 Å². The second-order valence-corrected chi connectivity index (χ2v) is 5.29. The van der Waals surface area contributed by atoms with Gasteiger partial charge >= 0.3 is 0 Å². The van der Waals surface area contributed by atoms with Crippen LogP contribution in [0.1, 0.15) is 5.56 Å². The van der Waals surface area contributed by atoms with E-state index >= 15 is 0 Å². The summed E-state index contributed by atoms with van der Waals surface area (Å²) in [5, 5.41) is 4.11. The van der Waals surface area contributed by atoms with E-state index in [1.54, 1.807) is 0 Å². The number of benzene rings is 1. The van der Waals surface area contributed by atoms with Crippen molar-refractivity contribution in [2.45, 2.75) is 12.6 Å². The molecular formula is C11H14BrClN2. The highest BCUT2D eigenvalue weighted by Crippen LogP contribution is 2.23. The van der Waals surface area contributed by atoms with Crippen LogP contribution >= 0.6 is 27.5 Å². The maximum absolute atomic E-state index is 6.17. The second-order valence-electron chi connectivity index (χ2n) is 3.96. The molecular weight excluding hydrogens is 275 g/mol. The van der Waals surface area contributed by atoms with Gasteiger partial charge in [0.1, 0.15) is 0 Å². The van der Waals surface area contributed by atoms with Gasteiger partial charge in [-0.1, -0.05) is 33.6 Å². The van der Waals surface area contributed by atoms with Crippen LogP contribution in [0.4, 0.5) is 0 Å². The molecule has 82 valence electrons. The normalized spacial score (nSPS) is 16.8. The fourth-order valence-corrected chi connectivity index (χ4v) is 2.37. The summed E-state index contributed by atoms with van der Waals surface area (Å²) >= 11 is 9.58. The van der Waals surface area contributed by atoms with Gasteiger partial charge in [-0.25, -0.2) is 0 Å². The summed E-state index contributed by atoms with van der Waals surface area (Å²) in [5.74, 6) is 0. The molecule has 1 heterocycles. The zero-order chi connectivity index (χ0) is 10.8. The number of nitrogens with zero attached hydrogens (tertiary/aromatic N) is 1. The van der Waals surface area contributed by atoms with E-state index in [0.717, 1.165) is 29.1 Å². The van der Waals surface area contributed by atoms with Crippen LogP contribution in [0.2, 0.25) is 5.02 Å². The predicted octanol–water partition coefficient (Wildman–Crippen LogP) is 2.51. The van der Waals surface area contributed by atoms with Crippen molar-refractivity contribution in [1.82, 2.24) is 10.2 Å². The Kier molecular flexibility index (Phi) is 3.67. The van der Waals surface area contributed by atoms with E-state index in [1.165, 1.54) is 5.56 Å². The van der Waals surface area contributed by atoms with Crippen molar-refractivity contribution in [3.63, 3.8) is 0 Å². The molecule has 0 unspecified atom stereocenters. The molecule has 1 aromatic carbocycles. The van der Waals surface area contributed by atoms with Crippen LogP contribution in [0.3, 0.4) is 0 Å². The van der Waals surface area contributed by atoms with Crippen LogP contribution in [0.25, 0.3) is 0 Å². The minimum absolute atomic E-state index is 0.657. The minimum atomic E-state index is 0.657. The maximum Gasteiger partial charge on any atom is 0.0462 e. The third kappa shape index (κ3) is 2.72. The van der Waals surface area contributed by atoms with Crippen molar-refractivity contribution in [3.8, 4) is 0 Å². The Bertz CT molecular complexity index is 352. The molecule has 1 aliphatic heterocycles. The summed E-state index contributed by atoms with van der Waals surface area (Å²) < 4.78 is 1.03. The topological polar surface area (TPSA) is 15.3 Å². The standard InChI is InChI=1S/C11H14BrClN2/c1-15(10-5-14-6-10)7-8-2-3-9(12)4-11(8)13/h2-4,10,14H,5-7H2,1H3. The summed E-state index contributed by atoms with van der Waals surface area (Å²) in [7, 11) is 2.14. The van der Waals surface area contributed by atoms with Gasteiger partial charge in [0.2, 0.25) is 0 Å². The minimum Gasteiger partial charge on any atom is -0.314 e. The van der Waals surface area contributed by atoms with Crippen LogP contribution in [0.5, 0.6) is 0 Å². The lowest BCUT2D eigenvalue weighted by atomic mass is 10.1. The lowest BCUT2D eigenvalue weighted by molar-refractivity contribution is 0.173. The smallest absolute Gasteiger partial charge is 0.0462 e. The van der Waals surface area contributed by atoms with Gasteiger partial charge in [-0.3, -0.25) is 4.90 Å². The molecule has 4 heteroatoms. The molecule has 2 rings (SSSR count). The molecule has 15 heavy (non-hydrogen) atoms. The largest absolute Gasteiger partial charge is 0.314 e. The molecule has 1 fully saturated rings. The van der Waals surface area contributed by atoms with Crippen LogP contribution in [0.15, 0.2) is 22.7 Å². The van der Waals surface area contributed by atoms with E-state index in [-0.39, 0.29) is 0 Å². The number of hydrogen-bond acceptors (Lipinski definition) is 2.